The number of carbonyl (C=O) groups excluding carboxylic acids is 1. The summed E-state index contributed by atoms with van der Waals surface area (Å²) in [6, 6.07) is 13.4. The molecule has 2 aromatic carbocycles. The molecule has 0 radical (unpaired) electrons. The number of esters is 1. The van der Waals surface area contributed by atoms with E-state index in [1.54, 1.807) is 24.3 Å². The molecule has 0 fully saturated rings. The highest BCUT2D eigenvalue weighted by molar-refractivity contribution is 9.10. The lowest BCUT2D eigenvalue weighted by atomic mass is 10.1. The standard InChI is InChI=1S/C17H10BrNO4/c18-14-6-4-12(5-7-14)16-10-13(17(20)23-16)8-11-2-1-3-15(9-11)19(21)22/h1-10H. The van der Waals surface area contributed by atoms with Crippen molar-refractivity contribution >= 4 is 39.4 Å². The number of non-ortho nitro benzene ring substituents is 1. The minimum Gasteiger partial charge on any atom is -0.422 e. The van der Waals surface area contributed by atoms with Crippen LogP contribution in [-0.2, 0) is 9.53 Å². The monoisotopic (exact) mass is 371 g/mol. The molecular weight excluding hydrogens is 362 g/mol. The van der Waals surface area contributed by atoms with Gasteiger partial charge in [-0.25, -0.2) is 4.79 Å². The van der Waals surface area contributed by atoms with Gasteiger partial charge in [-0.05, 0) is 29.8 Å². The third-order valence-electron chi connectivity index (χ3n) is 3.26. The summed E-state index contributed by atoms with van der Waals surface area (Å²) in [5.74, 6) is -0.0198. The molecule has 1 aliphatic rings. The van der Waals surface area contributed by atoms with E-state index in [1.165, 1.54) is 12.1 Å². The van der Waals surface area contributed by atoms with Gasteiger partial charge in [0.05, 0.1) is 10.5 Å². The molecule has 2 aromatic rings. The maximum atomic E-state index is 12.0. The zero-order valence-corrected chi connectivity index (χ0v) is 13.3. The van der Waals surface area contributed by atoms with Crippen LogP contribution in [0.4, 0.5) is 5.69 Å². The number of cyclic esters (lactones) is 1. The molecule has 0 aliphatic carbocycles. The van der Waals surface area contributed by atoms with E-state index in [0.717, 1.165) is 10.0 Å². The lowest BCUT2D eigenvalue weighted by molar-refractivity contribution is -0.384. The quantitative estimate of drug-likeness (QED) is 0.348. The molecule has 6 heteroatoms. The molecule has 0 N–H and O–H groups in total. The van der Waals surface area contributed by atoms with Crippen molar-refractivity contribution in [1.82, 2.24) is 0 Å². The van der Waals surface area contributed by atoms with Gasteiger partial charge in [0.2, 0.25) is 0 Å². The highest BCUT2D eigenvalue weighted by atomic mass is 79.9. The largest absolute Gasteiger partial charge is 0.422 e. The third kappa shape index (κ3) is 3.37. The third-order valence-corrected chi connectivity index (χ3v) is 3.79. The van der Waals surface area contributed by atoms with Crippen LogP contribution in [-0.4, -0.2) is 10.9 Å². The van der Waals surface area contributed by atoms with Crippen molar-refractivity contribution < 1.29 is 14.5 Å². The fraction of sp³-hybridized carbons (Fsp3) is 0. The molecule has 5 nitrogen and oxygen atoms in total. The first-order chi connectivity index (χ1) is 11.0. The Labute approximate surface area is 140 Å². The fourth-order valence-corrected chi connectivity index (χ4v) is 2.42. The van der Waals surface area contributed by atoms with Gasteiger partial charge in [-0.1, -0.05) is 40.2 Å². The van der Waals surface area contributed by atoms with Crippen molar-refractivity contribution in [2.75, 3.05) is 0 Å². The molecule has 114 valence electrons. The zero-order chi connectivity index (χ0) is 16.4. The molecule has 1 heterocycles. The van der Waals surface area contributed by atoms with Gasteiger partial charge >= 0.3 is 5.97 Å². The molecule has 0 saturated carbocycles. The molecule has 0 spiro atoms. The van der Waals surface area contributed by atoms with Crippen molar-refractivity contribution in [2.45, 2.75) is 0 Å². The van der Waals surface area contributed by atoms with Gasteiger partial charge in [0, 0.05) is 22.2 Å². The van der Waals surface area contributed by atoms with Crippen molar-refractivity contribution in [3.63, 3.8) is 0 Å². The van der Waals surface area contributed by atoms with Crippen LogP contribution in [0.1, 0.15) is 11.1 Å². The van der Waals surface area contributed by atoms with E-state index < -0.39 is 10.9 Å². The van der Waals surface area contributed by atoms with Gasteiger partial charge in [0.1, 0.15) is 5.76 Å². The van der Waals surface area contributed by atoms with Crippen LogP contribution in [0.25, 0.3) is 11.8 Å². The van der Waals surface area contributed by atoms with Gasteiger partial charge in [0.25, 0.3) is 5.69 Å². The Bertz CT molecular complexity index is 853. The number of halogens is 1. The molecule has 0 saturated heterocycles. The second-order valence-electron chi connectivity index (χ2n) is 4.86. The van der Waals surface area contributed by atoms with E-state index in [4.69, 9.17) is 4.74 Å². The van der Waals surface area contributed by atoms with E-state index in [9.17, 15) is 14.9 Å². The lowest BCUT2D eigenvalue weighted by Gasteiger charge is -2.01. The normalized spacial score (nSPS) is 15.4. The summed E-state index contributed by atoms with van der Waals surface area (Å²) in [5, 5.41) is 10.8. The summed E-state index contributed by atoms with van der Waals surface area (Å²) in [6.07, 6.45) is 3.20. The van der Waals surface area contributed by atoms with Crippen LogP contribution in [0.5, 0.6) is 0 Å². The Morgan fingerprint density at radius 3 is 2.57 bits per heavy atom. The number of hydrogen-bond donors (Lipinski definition) is 0. The highest BCUT2D eigenvalue weighted by Gasteiger charge is 2.22. The number of nitro groups is 1. The van der Waals surface area contributed by atoms with E-state index in [2.05, 4.69) is 15.9 Å². The first-order valence-corrected chi connectivity index (χ1v) is 7.48. The number of nitrogens with zero attached hydrogens (tertiary/aromatic N) is 1. The molecule has 0 aromatic heterocycles. The van der Waals surface area contributed by atoms with Crippen LogP contribution >= 0.6 is 15.9 Å². The predicted molar refractivity (Wildman–Crippen MR) is 89.3 cm³/mol. The number of benzene rings is 2. The van der Waals surface area contributed by atoms with Crippen molar-refractivity contribution in [3.05, 3.63) is 85.9 Å². The SMILES string of the molecule is O=C1OC(c2ccc(Br)cc2)=CC1=Cc1cccc([N+](=O)[O-])c1. The minimum absolute atomic E-state index is 0.0252. The molecule has 0 atom stereocenters. The van der Waals surface area contributed by atoms with E-state index in [-0.39, 0.29) is 5.69 Å². The summed E-state index contributed by atoms with van der Waals surface area (Å²) in [4.78, 5) is 22.3. The number of ether oxygens (including phenoxy) is 1. The van der Waals surface area contributed by atoms with Gasteiger partial charge in [0.15, 0.2) is 0 Å². The summed E-state index contributed by atoms with van der Waals surface area (Å²) >= 11 is 3.35. The first-order valence-electron chi connectivity index (χ1n) is 6.69. The van der Waals surface area contributed by atoms with Crippen LogP contribution in [0.3, 0.4) is 0 Å². The van der Waals surface area contributed by atoms with E-state index in [0.29, 0.717) is 16.9 Å². The maximum absolute atomic E-state index is 12.0. The Balaban J connectivity index is 1.93. The average Bonchev–Trinajstić information content (AvgIpc) is 2.89. The zero-order valence-electron chi connectivity index (χ0n) is 11.7. The van der Waals surface area contributed by atoms with Crippen LogP contribution < -0.4 is 0 Å². The average molecular weight is 372 g/mol. The topological polar surface area (TPSA) is 69.4 Å². The lowest BCUT2D eigenvalue weighted by Crippen LogP contribution is -1.97. The molecule has 0 amide bonds. The van der Waals surface area contributed by atoms with Gasteiger partial charge in [-0.2, -0.15) is 0 Å². The Kier molecular flexibility index (Phi) is 4.08. The van der Waals surface area contributed by atoms with Crippen LogP contribution in [0.15, 0.2) is 64.7 Å². The smallest absolute Gasteiger partial charge is 0.343 e. The molecule has 0 unspecified atom stereocenters. The van der Waals surface area contributed by atoms with Crippen molar-refractivity contribution in [1.29, 1.82) is 0 Å². The van der Waals surface area contributed by atoms with Gasteiger partial charge < -0.3 is 4.74 Å². The summed E-state index contributed by atoms with van der Waals surface area (Å²) in [7, 11) is 0. The molecular formula is C17H10BrNO4. The first kappa shape index (κ1) is 15.2. The second kappa shape index (κ2) is 6.18. The second-order valence-corrected chi connectivity index (χ2v) is 5.77. The Morgan fingerprint density at radius 2 is 1.87 bits per heavy atom. The fourth-order valence-electron chi connectivity index (χ4n) is 2.15. The highest BCUT2D eigenvalue weighted by Crippen LogP contribution is 2.28. The summed E-state index contributed by atoms with van der Waals surface area (Å²) < 4.78 is 6.18. The van der Waals surface area contributed by atoms with Crippen molar-refractivity contribution in [3.8, 4) is 0 Å². The molecule has 23 heavy (non-hydrogen) atoms. The number of hydrogen-bond acceptors (Lipinski definition) is 4. The molecule has 0 bridgehead atoms. The summed E-state index contributed by atoms with van der Waals surface area (Å²) in [6.45, 7) is 0. The predicted octanol–water partition coefficient (Wildman–Crippen LogP) is 4.34. The Morgan fingerprint density at radius 1 is 1.13 bits per heavy atom. The summed E-state index contributed by atoms with van der Waals surface area (Å²) in [5.41, 5.74) is 1.68. The van der Waals surface area contributed by atoms with E-state index in [1.807, 2.05) is 24.3 Å². The number of rotatable bonds is 3. The molecule has 1 aliphatic heterocycles. The van der Waals surface area contributed by atoms with Crippen LogP contribution in [0.2, 0.25) is 0 Å². The van der Waals surface area contributed by atoms with Gasteiger partial charge in [-0.3, -0.25) is 10.1 Å². The van der Waals surface area contributed by atoms with Gasteiger partial charge in [-0.15, -0.1) is 0 Å². The van der Waals surface area contributed by atoms with Crippen molar-refractivity contribution in [2.24, 2.45) is 0 Å². The number of nitro benzene ring substituents is 1. The maximum Gasteiger partial charge on any atom is 0.343 e. The number of carbonyl (C=O) groups is 1. The Hall–Kier alpha value is -2.73. The molecule has 3 rings (SSSR count). The minimum atomic E-state index is -0.477. The van der Waals surface area contributed by atoms with Crippen LogP contribution in [0, 0.1) is 10.1 Å². The van der Waals surface area contributed by atoms with E-state index >= 15 is 0 Å².